The second-order valence-corrected chi connectivity index (χ2v) is 4.17. The monoisotopic (exact) mass is 208 g/mol. The molecular formula is C14H18B2. The molecule has 0 aliphatic rings. The molecule has 0 aliphatic carbocycles. The van der Waals surface area contributed by atoms with Crippen molar-refractivity contribution in [2.75, 3.05) is 0 Å². The van der Waals surface area contributed by atoms with Crippen LogP contribution in [0.1, 0.15) is 22.1 Å². The van der Waals surface area contributed by atoms with Crippen molar-refractivity contribution < 1.29 is 0 Å². The van der Waals surface area contributed by atoms with E-state index in [2.05, 4.69) is 77.6 Å². The van der Waals surface area contributed by atoms with Crippen molar-refractivity contribution in [3.63, 3.8) is 0 Å². The third-order valence-corrected chi connectivity index (χ3v) is 2.85. The molecule has 2 aromatic rings. The Bertz CT molecular complexity index is 364. The standard InChI is InChI=1S/2C7H9B/c1-6-3-4-8-5-7(6)2;1-6-4-3-5-8-7(6)2/h2*3-5H,1-2H3. The molecule has 0 aromatic carbocycles. The molecule has 0 atom stereocenters. The van der Waals surface area contributed by atoms with Gasteiger partial charge in [0.2, 0.25) is 0 Å². The van der Waals surface area contributed by atoms with Gasteiger partial charge in [-0.1, -0.05) is 0 Å². The molecule has 0 unspecified atom stereocenters. The first-order valence-electron chi connectivity index (χ1n) is 5.65. The van der Waals surface area contributed by atoms with Crippen LogP contribution in [0, 0.1) is 27.7 Å². The predicted molar refractivity (Wildman–Crippen MR) is 74.5 cm³/mol. The second-order valence-electron chi connectivity index (χ2n) is 4.17. The molecule has 0 N–H and O–H groups in total. The Morgan fingerprint density at radius 1 is 0.812 bits per heavy atom. The van der Waals surface area contributed by atoms with Gasteiger partial charge in [-0.15, -0.1) is 0 Å². The Morgan fingerprint density at radius 2 is 1.56 bits per heavy atom. The van der Waals surface area contributed by atoms with Crippen LogP contribution in [-0.4, -0.2) is 13.8 Å². The van der Waals surface area contributed by atoms with E-state index in [9.17, 15) is 0 Å². The van der Waals surface area contributed by atoms with Crippen molar-refractivity contribution in [3.8, 4) is 0 Å². The van der Waals surface area contributed by atoms with Gasteiger partial charge in [0.15, 0.2) is 0 Å². The first-order valence-corrected chi connectivity index (χ1v) is 5.65. The molecule has 0 aliphatic heterocycles. The van der Waals surface area contributed by atoms with Gasteiger partial charge in [0, 0.05) is 0 Å². The molecule has 0 nitrogen and oxygen atoms in total. The van der Waals surface area contributed by atoms with Crippen LogP contribution >= 0.6 is 0 Å². The average Bonchev–Trinajstić information content (AvgIpc) is 2.28. The molecule has 2 rings (SSSR count). The second kappa shape index (κ2) is 6.42. The normalized spacial score (nSPS) is 8.75. The van der Waals surface area contributed by atoms with E-state index in [-0.39, 0.29) is 0 Å². The van der Waals surface area contributed by atoms with Crippen molar-refractivity contribution in [1.82, 2.24) is 0 Å². The van der Waals surface area contributed by atoms with Crippen molar-refractivity contribution >= 4 is 13.8 Å². The van der Waals surface area contributed by atoms with Crippen LogP contribution < -0.4 is 0 Å². The third kappa shape index (κ3) is 4.14. The summed E-state index contributed by atoms with van der Waals surface area (Å²) in [6, 6.07) is 6.30. The number of hydrogen-bond acceptors (Lipinski definition) is 0. The summed E-state index contributed by atoms with van der Waals surface area (Å²) in [4.78, 5) is 0. The topological polar surface area (TPSA) is 0 Å². The van der Waals surface area contributed by atoms with Gasteiger partial charge in [-0.3, -0.25) is 0 Å². The maximum absolute atomic E-state index is 2.12. The van der Waals surface area contributed by atoms with Gasteiger partial charge in [-0.25, -0.2) is 0 Å². The number of rotatable bonds is 0. The van der Waals surface area contributed by atoms with Gasteiger partial charge in [0.1, 0.15) is 0 Å². The molecule has 2 heterocycles. The van der Waals surface area contributed by atoms with Gasteiger partial charge in [0.05, 0.1) is 0 Å². The van der Waals surface area contributed by atoms with Crippen LogP contribution in [0.5, 0.6) is 0 Å². The van der Waals surface area contributed by atoms with Crippen LogP contribution in [0.15, 0.2) is 36.1 Å². The zero-order valence-corrected chi connectivity index (χ0v) is 10.6. The fourth-order valence-electron chi connectivity index (χ4n) is 1.33. The van der Waals surface area contributed by atoms with Crippen LogP contribution in [0.3, 0.4) is 0 Å². The van der Waals surface area contributed by atoms with E-state index in [0.717, 1.165) is 0 Å². The molecule has 0 fully saturated rings. The molecule has 2 heteroatoms. The molecule has 2 aromatic heterocycles. The minimum atomic E-state index is 1.37. The maximum atomic E-state index is 2.12. The molecule has 0 saturated carbocycles. The Kier molecular flexibility index (Phi) is 5.18. The summed E-state index contributed by atoms with van der Waals surface area (Å²) in [6.07, 6.45) is 0. The summed E-state index contributed by atoms with van der Waals surface area (Å²) in [5, 5.41) is 0. The molecular weight excluding hydrogens is 190 g/mol. The summed E-state index contributed by atoms with van der Waals surface area (Å²) >= 11 is 0. The summed E-state index contributed by atoms with van der Waals surface area (Å²) in [5.41, 5.74) is 5.47. The predicted octanol–water partition coefficient (Wildman–Crippen LogP) is 3.28. The molecule has 0 saturated heterocycles. The average molecular weight is 208 g/mol. The first kappa shape index (κ1) is 12.9. The molecule has 16 heavy (non-hydrogen) atoms. The first-order chi connectivity index (χ1) is 7.61. The van der Waals surface area contributed by atoms with E-state index in [1.165, 1.54) is 22.1 Å². The van der Waals surface area contributed by atoms with Gasteiger partial charge in [-0.2, -0.15) is 0 Å². The van der Waals surface area contributed by atoms with Crippen LogP contribution in [-0.2, 0) is 0 Å². The molecule has 0 radical (unpaired) electrons. The number of aryl methyl sites for hydroxylation is 4. The van der Waals surface area contributed by atoms with Crippen molar-refractivity contribution in [2.24, 2.45) is 0 Å². The summed E-state index contributed by atoms with van der Waals surface area (Å²) < 4.78 is 0. The van der Waals surface area contributed by atoms with Crippen molar-refractivity contribution in [2.45, 2.75) is 27.7 Å². The van der Waals surface area contributed by atoms with Crippen molar-refractivity contribution in [1.29, 1.82) is 0 Å². The summed E-state index contributed by atoms with van der Waals surface area (Å²) in [5.74, 6) is 6.24. The van der Waals surface area contributed by atoms with E-state index in [1.807, 2.05) is 0 Å². The van der Waals surface area contributed by atoms with Crippen LogP contribution in [0.25, 0.3) is 0 Å². The fourth-order valence-corrected chi connectivity index (χ4v) is 1.33. The third-order valence-electron chi connectivity index (χ3n) is 2.85. The Labute approximate surface area is 100 Å². The molecule has 0 bridgehead atoms. The zero-order valence-electron chi connectivity index (χ0n) is 10.6. The Morgan fingerprint density at radius 3 is 1.94 bits per heavy atom. The Balaban J connectivity index is 0.000000160. The molecule has 80 valence electrons. The number of hydrogen-bond donors (Lipinski definition) is 0. The van der Waals surface area contributed by atoms with E-state index in [4.69, 9.17) is 0 Å². The molecule has 0 spiro atoms. The van der Waals surface area contributed by atoms with E-state index in [0.29, 0.717) is 0 Å². The summed E-state index contributed by atoms with van der Waals surface area (Å²) in [7, 11) is 0. The minimum absolute atomic E-state index is 1.37. The van der Waals surface area contributed by atoms with Gasteiger partial charge < -0.3 is 0 Å². The van der Waals surface area contributed by atoms with Gasteiger partial charge in [-0.05, 0) is 0 Å². The zero-order chi connectivity index (χ0) is 12.0. The van der Waals surface area contributed by atoms with Crippen molar-refractivity contribution in [3.05, 3.63) is 58.2 Å². The van der Waals surface area contributed by atoms with E-state index < -0.39 is 0 Å². The van der Waals surface area contributed by atoms with Gasteiger partial charge in [0.25, 0.3) is 0 Å². The summed E-state index contributed by atoms with van der Waals surface area (Å²) in [6.45, 7) is 12.7. The Hall–Kier alpha value is -1.17. The fraction of sp³-hybridized carbons (Fsp3) is 0.286. The van der Waals surface area contributed by atoms with E-state index >= 15 is 0 Å². The molecule has 0 amide bonds. The van der Waals surface area contributed by atoms with E-state index in [1.54, 1.807) is 0 Å². The van der Waals surface area contributed by atoms with Crippen LogP contribution in [0.2, 0.25) is 0 Å². The SMILES string of the molecule is Cc1bcccc1C.Cc1cbccc1C. The van der Waals surface area contributed by atoms with Crippen LogP contribution in [0.4, 0.5) is 0 Å². The quantitative estimate of drug-likeness (QED) is 0.622. The van der Waals surface area contributed by atoms with Gasteiger partial charge >= 0.3 is 99.7 Å².